The third kappa shape index (κ3) is 4.45. The maximum absolute atomic E-state index is 12.5. The van der Waals surface area contributed by atoms with Crippen LogP contribution in [0.25, 0.3) is 0 Å². The van der Waals surface area contributed by atoms with E-state index in [1.54, 1.807) is 30.3 Å². The molecule has 0 unspecified atom stereocenters. The van der Waals surface area contributed by atoms with Crippen LogP contribution in [0.15, 0.2) is 54.7 Å². The minimum absolute atomic E-state index is 0.161. The van der Waals surface area contributed by atoms with Crippen molar-refractivity contribution in [3.63, 3.8) is 0 Å². The number of benzene rings is 2. The molecule has 8 heteroatoms. The molecule has 0 aliphatic heterocycles. The number of rotatable bonds is 5. The van der Waals surface area contributed by atoms with E-state index in [4.69, 9.17) is 34.8 Å². The van der Waals surface area contributed by atoms with Crippen molar-refractivity contribution in [3.8, 4) is 0 Å². The SMILES string of the molecule is O=C(c1ccc(Cc2c(Cl)cc([N+](=O)[O-])cc2Cl)cc1)c1ccnc(Cl)c1. The standard InChI is InChI=1S/C19H11Cl3N2O3/c20-16-9-14(24(26)27)10-17(21)15(16)7-11-1-3-12(4-2-11)19(25)13-5-6-23-18(22)8-13/h1-6,8-10H,7H2. The lowest BCUT2D eigenvalue weighted by Crippen LogP contribution is -2.02. The third-order valence-electron chi connectivity index (χ3n) is 3.92. The molecule has 3 aromatic rings. The quantitative estimate of drug-likeness (QED) is 0.227. The van der Waals surface area contributed by atoms with Crippen molar-refractivity contribution in [3.05, 3.63) is 102 Å². The lowest BCUT2D eigenvalue weighted by Gasteiger charge is -2.08. The summed E-state index contributed by atoms with van der Waals surface area (Å²) in [5.74, 6) is -0.169. The number of nitrogens with zero attached hydrogens (tertiary/aromatic N) is 2. The fourth-order valence-electron chi connectivity index (χ4n) is 2.55. The van der Waals surface area contributed by atoms with Crippen LogP contribution >= 0.6 is 34.8 Å². The second kappa shape index (κ2) is 8.05. The summed E-state index contributed by atoms with van der Waals surface area (Å²) in [5, 5.41) is 11.6. The number of pyridine rings is 1. The Morgan fingerprint density at radius 2 is 1.59 bits per heavy atom. The maximum atomic E-state index is 12.5. The van der Waals surface area contributed by atoms with Gasteiger partial charge in [0.05, 0.1) is 15.0 Å². The number of nitro groups is 1. The second-order valence-electron chi connectivity index (χ2n) is 5.72. The minimum Gasteiger partial charge on any atom is -0.289 e. The molecule has 0 saturated carbocycles. The van der Waals surface area contributed by atoms with E-state index in [1.807, 2.05) is 0 Å². The van der Waals surface area contributed by atoms with Crippen molar-refractivity contribution >= 4 is 46.3 Å². The van der Waals surface area contributed by atoms with Crippen molar-refractivity contribution in [2.24, 2.45) is 0 Å². The Balaban J connectivity index is 1.82. The van der Waals surface area contributed by atoms with Gasteiger partial charge in [-0.1, -0.05) is 59.1 Å². The van der Waals surface area contributed by atoms with E-state index in [2.05, 4.69) is 4.98 Å². The van der Waals surface area contributed by atoms with Crippen molar-refractivity contribution in [2.45, 2.75) is 6.42 Å². The van der Waals surface area contributed by atoms with Gasteiger partial charge < -0.3 is 0 Å². The van der Waals surface area contributed by atoms with Gasteiger partial charge in [0.2, 0.25) is 0 Å². The Hall–Kier alpha value is -2.47. The molecule has 0 fully saturated rings. The van der Waals surface area contributed by atoms with E-state index in [9.17, 15) is 14.9 Å². The molecular formula is C19H11Cl3N2O3. The maximum Gasteiger partial charge on any atom is 0.272 e. The van der Waals surface area contributed by atoms with Crippen molar-refractivity contribution < 1.29 is 9.72 Å². The number of non-ortho nitro benzene ring substituents is 1. The van der Waals surface area contributed by atoms with Gasteiger partial charge in [-0.2, -0.15) is 0 Å². The summed E-state index contributed by atoms with van der Waals surface area (Å²) in [6, 6.07) is 12.6. The first-order valence-corrected chi connectivity index (χ1v) is 8.86. The number of carbonyl (C=O) groups excluding carboxylic acids is 1. The third-order valence-corrected chi connectivity index (χ3v) is 4.80. The molecule has 0 N–H and O–H groups in total. The van der Waals surface area contributed by atoms with Crippen LogP contribution in [0.3, 0.4) is 0 Å². The van der Waals surface area contributed by atoms with Gasteiger partial charge in [0.1, 0.15) is 5.15 Å². The van der Waals surface area contributed by atoms with Crippen LogP contribution in [-0.4, -0.2) is 15.7 Å². The lowest BCUT2D eigenvalue weighted by molar-refractivity contribution is -0.384. The van der Waals surface area contributed by atoms with E-state index >= 15 is 0 Å². The molecule has 0 saturated heterocycles. The minimum atomic E-state index is -0.548. The second-order valence-corrected chi connectivity index (χ2v) is 6.92. The summed E-state index contributed by atoms with van der Waals surface area (Å²) in [6.07, 6.45) is 1.85. The summed E-state index contributed by atoms with van der Waals surface area (Å²) in [7, 11) is 0. The first kappa shape index (κ1) is 19.3. The average molecular weight is 422 g/mol. The van der Waals surface area contributed by atoms with Crippen LogP contribution in [-0.2, 0) is 6.42 Å². The van der Waals surface area contributed by atoms with Crippen LogP contribution in [0, 0.1) is 10.1 Å². The summed E-state index contributed by atoms with van der Waals surface area (Å²) in [6.45, 7) is 0. The molecule has 5 nitrogen and oxygen atoms in total. The van der Waals surface area contributed by atoms with Gasteiger partial charge in [0.25, 0.3) is 5.69 Å². The summed E-state index contributed by atoms with van der Waals surface area (Å²) >= 11 is 18.1. The van der Waals surface area contributed by atoms with Crippen LogP contribution < -0.4 is 0 Å². The van der Waals surface area contributed by atoms with Crippen LogP contribution in [0.2, 0.25) is 15.2 Å². The van der Waals surface area contributed by atoms with E-state index in [0.29, 0.717) is 23.1 Å². The highest BCUT2D eigenvalue weighted by Gasteiger charge is 2.15. The van der Waals surface area contributed by atoms with Gasteiger partial charge >= 0.3 is 0 Å². The number of aromatic nitrogens is 1. The first-order valence-electron chi connectivity index (χ1n) is 7.72. The Bertz CT molecular complexity index is 1010. The zero-order chi connectivity index (χ0) is 19.6. The first-order chi connectivity index (χ1) is 12.8. The monoisotopic (exact) mass is 420 g/mol. The molecule has 136 valence electrons. The largest absolute Gasteiger partial charge is 0.289 e. The van der Waals surface area contributed by atoms with E-state index in [-0.39, 0.29) is 26.7 Å². The Labute approximate surface area is 169 Å². The number of carbonyl (C=O) groups is 1. The number of hydrogen-bond acceptors (Lipinski definition) is 4. The number of nitro benzene ring substituents is 1. The summed E-state index contributed by atoms with van der Waals surface area (Å²) in [5.41, 5.74) is 2.23. The molecule has 0 atom stereocenters. The Kier molecular flexibility index (Phi) is 5.75. The lowest BCUT2D eigenvalue weighted by atomic mass is 9.99. The highest BCUT2D eigenvalue weighted by atomic mass is 35.5. The predicted octanol–water partition coefficient (Wildman–Crippen LogP) is 5.77. The predicted molar refractivity (Wildman–Crippen MR) is 105 cm³/mol. The number of hydrogen-bond donors (Lipinski definition) is 0. The summed E-state index contributed by atoms with van der Waals surface area (Å²) < 4.78 is 0. The van der Waals surface area contributed by atoms with Gasteiger partial charge in [0, 0.05) is 35.9 Å². The number of ketones is 1. The molecule has 0 amide bonds. The van der Waals surface area contributed by atoms with Crippen LogP contribution in [0.5, 0.6) is 0 Å². The molecule has 27 heavy (non-hydrogen) atoms. The number of halogens is 3. The average Bonchev–Trinajstić information content (AvgIpc) is 2.64. The van der Waals surface area contributed by atoms with Crippen LogP contribution in [0.1, 0.15) is 27.0 Å². The van der Waals surface area contributed by atoms with Gasteiger partial charge in [-0.05, 0) is 23.3 Å². The van der Waals surface area contributed by atoms with Gasteiger partial charge in [-0.15, -0.1) is 0 Å². The summed E-state index contributed by atoms with van der Waals surface area (Å²) in [4.78, 5) is 26.7. The van der Waals surface area contributed by atoms with Gasteiger partial charge in [-0.25, -0.2) is 4.98 Å². The molecule has 0 radical (unpaired) electrons. The molecular weight excluding hydrogens is 411 g/mol. The van der Waals surface area contributed by atoms with Crippen molar-refractivity contribution in [1.82, 2.24) is 4.98 Å². The zero-order valence-corrected chi connectivity index (χ0v) is 15.9. The molecule has 0 spiro atoms. The van der Waals surface area contributed by atoms with Gasteiger partial charge in [0.15, 0.2) is 5.78 Å². The van der Waals surface area contributed by atoms with Crippen molar-refractivity contribution in [1.29, 1.82) is 0 Å². The molecule has 1 aromatic heterocycles. The molecule has 3 rings (SSSR count). The fourth-order valence-corrected chi connectivity index (χ4v) is 3.34. The zero-order valence-electron chi connectivity index (χ0n) is 13.7. The Morgan fingerprint density at radius 1 is 0.963 bits per heavy atom. The highest BCUT2D eigenvalue weighted by molar-refractivity contribution is 6.36. The highest BCUT2D eigenvalue weighted by Crippen LogP contribution is 2.32. The van der Waals surface area contributed by atoms with Crippen molar-refractivity contribution in [2.75, 3.05) is 0 Å². The molecule has 0 bridgehead atoms. The van der Waals surface area contributed by atoms with E-state index < -0.39 is 4.92 Å². The molecule has 0 aliphatic carbocycles. The fraction of sp³-hybridized carbons (Fsp3) is 0.0526. The topological polar surface area (TPSA) is 73.1 Å². The van der Waals surface area contributed by atoms with Crippen LogP contribution in [0.4, 0.5) is 5.69 Å². The van der Waals surface area contributed by atoms with Gasteiger partial charge in [-0.3, -0.25) is 14.9 Å². The molecule has 1 heterocycles. The molecule has 2 aromatic carbocycles. The molecule has 0 aliphatic rings. The smallest absolute Gasteiger partial charge is 0.272 e. The van der Waals surface area contributed by atoms with E-state index in [1.165, 1.54) is 24.4 Å². The van der Waals surface area contributed by atoms with E-state index in [0.717, 1.165) is 5.56 Å². The normalized spacial score (nSPS) is 10.6. The Morgan fingerprint density at radius 3 is 2.15 bits per heavy atom.